The topological polar surface area (TPSA) is 45.3 Å². The van der Waals surface area contributed by atoms with Gasteiger partial charge in [0.15, 0.2) is 5.60 Å². The summed E-state index contributed by atoms with van der Waals surface area (Å²) in [6.45, 7) is 4.32. The minimum absolute atomic E-state index is 0.376. The first-order valence-electron chi connectivity index (χ1n) is 14.2. The molecule has 0 N–H and O–H groups in total. The Morgan fingerprint density at radius 1 is 0.721 bits per heavy atom. The Morgan fingerprint density at radius 3 is 1.65 bits per heavy atom. The number of fused-ring (bicyclic) bond motifs is 1. The van der Waals surface area contributed by atoms with Gasteiger partial charge in [-0.15, -0.1) is 0 Å². The molecule has 0 aromatic heterocycles. The highest BCUT2D eigenvalue weighted by atomic mass is 16.6. The Labute approximate surface area is 255 Å². The highest BCUT2D eigenvalue weighted by Crippen LogP contribution is 2.51. The first-order chi connectivity index (χ1) is 20.6. The SMILES string of the molecule is C=CC(=C(c1ccc(N(C)C)cc1)c1ccc(N(C)C)cc1)C1(c2ccc(OC)cc2)OC(=O)c2cc(N(C)C)ccc21. The van der Waals surface area contributed by atoms with Crippen molar-refractivity contribution in [3.05, 3.63) is 137 Å². The van der Waals surface area contributed by atoms with Crippen molar-refractivity contribution in [2.24, 2.45) is 0 Å². The highest BCUT2D eigenvalue weighted by Gasteiger charge is 2.50. The van der Waals surface area contributed by atoms with Gasteiger partial charge in [-0.05, 0) is 65.2 Å². The predicted molar refractivity (Wildman–Crippen MR) is 178 cm³/mol. The van der Waals surface area contributed by atoms with E-state index in [2.05, 4.69) is 64.9 Å². The molecule has 0 bridgehead atoms. The quantitative estimate of drug-likeness (QED) is 0.159. The van der Waals surface area contributed by atoms with E-state index in [9.17, 15) is 4.79 Å². The van der Waals surface area contributed by atoms with Crippen molar-refractivity contribution in [1.29, 1.82) is 0 Å². The summed E-state index contributed by atoms with van der Waals surface area (Å²) >= 11 is 0. The fraction of sp³-hybridized carbons (Fsp3) is 0.216. The van der Waals surface area contributed by atoms with Crippen LogP contribution < -0.4 is 19.4 Å². The minimum Gasteiger partial charge on any atom is -0.497 e. The smallest absolute Gasteiger partial charge is 0.340 e. The van der Waals surface area contributed by atoms with Crippen LogP contribution in [0.4, 0.5) is 17.1 Å². The molecule has 0 fully saturated rings. The molecule has 1 atom stereocenters. The number of hydrogen-bond acceptors (Lipinski definition) is 6. The molecule has 0 saturated heterocycles. The lowest BCUT2D eigenvalue weighted by Crippen LogP contribution is -2.31. The zero-order valence-corrected chi connectivity index (χ0v) is 26.0. The summed E-state index contributed by atoms with van der Waals surface area (Å²) in [7, 11) is 13.7. The fourth-order valence-corrected chi connectivity index (χ4v) is 5.68. The molecule has 1 aliphatic heterocycles. The van der Waals surface area contributed by atoms with Gasteiger partial charge in [-0.1, -0.05) is 55.1 Å². The van der Waals surface area contributed by atoms with Gasteiger partial charge in [0.05, 0.1) is 12.7 Å². The van der Waals surface area contributed by atoms with E-state index in [0.717, 1.165) is 50.5 Å². The van der Waals surface area contributed by atoms with E-state index in [-0.39, 0.29) is 5.97 Å². The molecule has 1 unspecified atom stereocenters. The Bertz CT molecular complexity index is 1610. The van der Waals surface area contributed by atoms with E-state index < -0.39 is 5.60 Å². The third-order valence-corrected chi connectivity index (χ3v) is 8.06. The molecule has 0 radical (unpaired) electrons. The van der Waals surface area contributed by atoms with Crippen LogP contribution in [0.3, 0.4) is 0 Å². The fourth-order valence-electron chi connectivity index (χ4n) is 5.68. The monoisotopic (exact) mass is 573 g/mol. The van der Waals surface area contributed by atoms with E-state index >= 15 is 0 Å². The molecular weight excluding hydrogens is 534 g/mol. The van der Waals surface area contributed by atoms with E-state index in [4.69, 9.17) is 9.47 Å². The normalized spacial score (nSPS) is 15.3. The maximum Gasteiger partial charge on any atom is 0.340 e. The molecule has 0 saturated carbocycles. The standard InChI is InChI=1S/C37H39N3O3/c1-9-33(35(25-10-16-28(17-11-25)38(2)3)26-12-18-29(19-13-26)39(4)5)37(27-14-21-31(42-8)22-15-27)34-23-20-30(40(6)7)24-32(34)36(41)43-37/h9-24H,1H2,2-8H3. The summed E-state index contributed by atoms with van der Waals surface area (Å²) in [6, 6.07) is 30.5. The summed E-state index contributed by atoms with van der Waals surface area (Å²) in [5.74, 6) is 0.341. The van der Waals surface area contributed by atoms with Gasteiger partial charge in [-0.3, -0.25) is 0 Å². The maximum absolute atomic E-state index is 13.8. The lowest BCUT2D eigenvalue weighted by Gasteiger charge is -2.33. The van der Waals surface area contributed by atoms with Gasteiger partial charge in [-0.25, -0.2) is 4.79 Å². The molecule has 4 aromatic rings. The second-order valence-electron chi connectivity index (χ2n) is 11.3. The van der Waals surface area contributed by atoms with Crippen LogP contribution in [0.15, 0.2) is 109 Å². The summed E-state index contributed by atoms with van der Waals surface area (Å²) in [6.07, 6.45) is 1.83. The van der Waals surface area contributed by atoms with Gasteiger partial charge < -0.3 is 24.2 Å². The lowest BCUT2D eigenvalue weighted by molar-refractivity contribution is 0.0251. The van der Waals surface area contributed by atoms with Crippen molar-refractivity contribution in [3.63, 3.8) is 0 Å². The second-order valence-corrected chi connectivity index (χ2v) is 11.3. The maximum atomic E-state index is 13.8. The molecule has 4 aromatic carbocycles. The molecule has 0 spiro atoms. The number of carbonyl (C=O) groups is 1. The van der Waals surface area contributed by atoms with Gasteiger partial charge in [0.2, 0.25) is 0 Å². The molecule has 0 amide bonds. The summed E-state index contributed by atoms with van der Waals surface area (Å²) in [5.41, 5.74) is 7.64. The van der Waals surface area contributed by atoms with Gasteiger partial charge in [0, 0.05) is 76.0 Å². The largest absolute Gasteiger partial charge is 0.497 e. The minimum atomic E-state index is -1.25. The molecule has 220 valence electrons. The Kier molecular flexibility index (Phi) is 8.05. The van der Waals surface area contributed by atoms with Crippen LogP contribution in [-0.4, -0.2) is 55.4 Å². The van der Waals surface area contributed by atoms with Crippen molar-refractivity contribution in [2.45, 2.75) is 5.60 Å². The Morgan fingerprint density at radius 2 is 1.21 bits per heavy atom. The van der Waals surface area contributed by atoms with Gasteiger partial charge in [-0.2, -0.15) is 0 Å². The molecule has 1 heterocycles. The molecular formula is C37H39N3O3. The number of anilines is 3. The number of carbonyl (C=O) groups excluding carboxylic acids is 1. The number of ether oxygens (including phenoxy) is 2. The lowest BCUT2D eigenvalue weighted by atomic mass is 9.75. The van der Waals surface area contributed by atoms with Crippen LogP contribution in [0.25, 0.3) is 5.57 Å². The highest BCUT2D eigenvalue weighted by molar-refractivity contribution is 5.99. The van der Waals surface area contributed by atoms with Crippen molar-refractivity contribution >= 4 is 28.6 Å². The van der Waals surface area contributed by atoms with Crippen molar-refractivity contribution in [3.8, 4) is 5.75 Å². The van der Waals surface area contributed by atoms with Crippen LogP contribution in [-0.2, 0) is 10.3 Å². The van der Waals surface area contributed by atoms with Crippen LogP contribution in [0, 0.1) is 0 Å². The Balaban J connectivity index is 1.88. The van der Waals surface area contributed by atoms with Crippen molar-refractivity contribution in [2.75, 3.05) is 64.1 Å². The van der Waals surface area contributed by atoms with Crippen molar-refractivity contribution in [1.82, 2.24) is 0 Å². The molecule has 5 rings (SSSR count). The van der Waals surface area contributed by atoms with Crippen LogP contribution in [0.5, 0.6) is 5.75 Å². The average molecular weight is 574 g/mol. The van der Waals surface area contributed by atoms with E-state index in [1.807, 2.05) is 95.7 Å². The number of rotatable bonds is 9. The first-order valence-corrected chi connectivity index (χ1v) is 14.2. The van der Waals surface area contributed by atoms with Crippen LogP contribution >= 0.6 is 0 Å². The summed E-state index contributed by atoms with van der Waals surface area (Å²) in [4.78, 5) is 19.9. The van der Waals surface area contributed by atoms with Crippen LogP contribution in [0.1, 0.15) is 32.6 Å². The first kappa shape index (κ1) is 29.5. The number of methoxy groups -OCH3 is 1. The van der Waals surface area contributed by atoms with E-state index in [1.54, 1.807) is 7.11 Å². The average Bonchev–Trinajstić information content (AvgIpc) is 3.32. The number of nitrogens with zero attached hydrogens (tertiary/aromatic N) is 3. The molecule has 43 heavy (non-hydrogen) atoms. The van der Waals surface area contributed by atoms with Gasteiger partial charge in [0.25, 0.3) is 0 Å². The molecule has 1 aliphatic rings. The number of benzene rings is 4. The number of esters is 1. The van der Waals surface area contributed by atoms with E-state index in [0.29, 0.717) is 11.3 Å². The molecule has 0 aliphatic carbocycles. The van der Waals surface area contributed by atoms with Crippen LogP contribution in [0.2, 0.25) is 0 Å². The molecule has 6 nitrogen and oxygen atoms in total. The van der Waals surface area contributed by atoms with Gasteiger partial charge >= 0.3 is 5.97 Å². The van der Waals surface area contributed by atoms with Crippen molar-refractivity contribution < 1.29 is 14.3 Å². The van der Waals surface area contributed by atoms with E-state index in [1.165, 1.54) is 0 Å². The zero-order valence-electron chi connectivity index (χ0n) is 26.0. The predicted octanol–water partition coefficient (Wildman–Crippen LogP) is 7.00. The zero-order chi connectivity index (χ0) is 30.9. The Hall–Kier alpha value is -4.97. The molecule has 6 heteroatoms. The third-order valence-electron chi connectivity index (χ3n) is 8.06. The third kappa shape index (κ3) is 5.25. The summed E-state index contributed by atoms with van der Waals surface area (Å²) in [5, 5.41) is 0. The number of hydrogen-bond donors (Lipinski definition) is 0. The second kappa shape index (κ2) is 11.7. The summed E-state index contributed by atoms with van der Waals surface area (Å²) < 4.78 is 12.0. The van der Waals surface area contributed by atoms with Gasteiger partial charge in [0.1, 0.15) is 5.75 Å². The number of cyclic esters (lactones) is 1.